The summed E-state index contributed by atoms with van der Waals surface area (Å²) in [6, 6.07) is 9.14. The predicted octanol–water partition coefficient (Wildman–Crippen LogP) is 1.14. The molecule has 1 N–H and O–H groups in total. The van der Waals surface area contributed by atoms with Crippen LogP contribution in [0, 0.1) is 0 Å². The largest absolute Gasteiger partial charge is 0.350 e. The minimum atomic E-state index is -0.206. The Morgan fingerprint density at radius 2 is 1.91 bits per heavy atom. The van der Waals surface area contributed by atoms with E-state index in [0.717, 1.165) is 11.3 Å². The van der Waals surface area contributed by atoms with Crippen molar-refractivity contribution < 1.29 is 9.59 Å². The maximum Gasteiger partial charge on any atom is 0.239 e. The summed E-state index contributed by atoms with van der Waals surface area (Å²) in [7, 11) is 0. The van der Waals surface area contributed by atoms with E-state index in [1.54, 1.807) is 18.6 Å². The summed E-state index contributed by atoms with van der Waals surface area (Å²) in [4.78, 5) is 33.2. The molecule has 0 radical (unpaired) electrons. The van der Waals surface area contributed by atoms with Crippen molar-refractivity contribution in [1.82, 2.24) is 20.2 Å². The fourth-order valence-corrected chi connectivity index (χ4v) is 1.90. The Labute approximate surface area is 129 Å². The van der Waals surface area contributed by atoms with Gasteiger partial charge < -0.3 is 10.2 Å². The highest BCUT2D eigenvalue weighted by Crippen LogP contribution is 2.02. The molecule has 0 aromatic carbocycles. The van der Waals surface area contributed by atoms with E-state index in [2.05, 4.69) is 15.3 Å². The molecule has 2 heterocycles. The number of nitrogens with zero attached hydrogens (tertiary/aromatic N) is 3. The number of aromatic nitrogens is 2. The molecule has 0 saturated heterocycles. The molecule has 0 unspecified atom stereocenters. The van der Waals surface area contributed by atoms with Gasteiger partial charge in [0.25, 0.3) is 0 Å². The van der Waals surface area contributed by atoms with Gasteiger partial charge in [-0.1, -0.05) is 6.07 Å². The first-order valence-corrected chi connectivity index (χ1v) is 6.96. The van der Waals surface area contributed by atoms with Crippen molar-refractivity contribution in [3.05, 3.63) is 60.2 Å². The van der Waals surface area contributed by atoms with Crippen molar-refractivity contribution in [2.75, 3.05) is 6.54 Å². The van der Waals surface area contributed by atoms with Crippen LogP contribution in [0.2, 0.25) is 0 Å². The molecule has 0 spiro atoms. The van der Waals surface area contributed by atoms with Crippen LogP contribution in [0.1, 0.15) is 18.2 Å². The molecule has 0 bridgehead atoms. The Morgan fingerprint density at radius 3 is 2.55 bits per heavy atom. The average Bonchev–Trinajstić information content (AvgIpc) is 2.54. The van der Waals surface area contributed by atoms with Crippen molar-refractivity contribution in [1.29, 1.82) is 0 Å². The minimum Gasteiger partial charge on any atom is -0.350 e. The van der Waals surface area contributed by atoms with Gasteiger partial charge in [0.1, 0.15) is 0 Å². The highest BCUT2D eigenvalue weighted by Gasteiger charge is 2.14. The van der Waals surface area contributed by atoms with Crippen LogP contribution in [0.3, 0.4) is 0 Å². The van der Waals surface area contributed by atoms with Crippen molar-refractivity contribution in [3.8, 4) is 0 Å². The van der Waals surface area contributed by atoms with Gasteiger partial charge in [-0.2, -0.15) is 0 Å². The highest BCUT2D eigenvalue weighted by molar-refractivity contribution is 5.83. The molecular weight excluding hydrogens is 280 g/mol. The summed E-state index contributed by atoms with van der Waals surface area (Å²) in [5, 5.41) is 2.79. The molecular formula is C16H18N4O2. The number of rotatable bonds is 6. The van der Waals surface area contributed by atoms with Crippen molar-refractivity contribution in [2.24, 2.45) is 0 Å². The zero-order valence-corrected chi connectivity index (χ0v) is 12.4. The van der Waals surface area contributed by atoms with Gasteiger partial charge in [0.2, 0.25) is 11.8 Å². The molecule has 0 aliphatic rings. The zero-order chi connectivity index (χ0) is 15.8. The van der Waals surface area contributed by atoms with Gasteiger partial charge in [0.05, 0.1) is 18.8 Å². The standard InChI is InChI=1S/C16H18N4O2/c1-13(21)20(11-15-4-2-3-7-18-15)12-16(22)19-10-14-5-8-17-9-6-14/h2-9H,10-12H2,1H3,(H,19,22). The summed E-state index contributed by atoms with van der Waals surface area (Å²) in [6.45, 7) is 2.19. The number of amides is 2. The number of carbonyl (C=O) groups excluding carboxylic acids is 2. The average molecular weight is 298 g/mol. The monoisotopic (exact) mass is 298 g/mol. The lowest BCUT2D eigenvalue weighted by molar-refractivity contribution is -0.135. The molecule has 6 nitrogen and oxygen atoms in total. The van der Waals surface area contributed by atoms with Gasteiger partial charge in [-0.05, 0) is 29.8 Å². The molecule has 22 heavy (non-hydrogen) atoms. The molecule has 114 valence electrons. The first kappa shape index (κ1) is 15.6. The Hall–Kier alpha value is -2.76. The second-order valence-electron chi connectivity index (χ2n) is 4.83. The maximum absolute atomic E-state index is 12.0. The summed E-state index contributed by atoms with van der Waals surface area (Å²) >= 11 is 0. The van der Waals surface area contributed by atoms with E-state index < -0.39 is 0 Å². The first-order valence-electron chi connectivity index (χ1n) is 6.96. The molecule has 0 fully saturated rings. The van der Waals surface area contributed by atoms with Crippen LogP contribution in [-0.2, 0) is 22.7 Å². The molecule has 0 aliphatic heterocycles. The second-order valence-corrected chi connectivity index (χ2v) is 4.83. The van der Waals surface area contributed by atoms with E-state index in [1.165, 1.54) is 11.8 Å². The molecule has 6 heteroatoms. The molecule has 0 aliphatic carbocycles. The van der Waals surface area contributed by atoms with Crippen LogP contribution >= 0.6 is 0 Å². The lowest BCUT2D eigenvalue weighted by Crippen LogP contribution is -2.39. The number of hydrogen-bond acceptors (Lipinski definition) is 4. The van der Waals surface area contributed by atoms with Crippen LogP contribution in [0.5, 0.6) is 0 Å². The van der Waals surface area contributed by atoms with Crippen LogP contribution in [0.25, 0.3) is 0 Å². The van der Waals surface area contributed by atoms with E-state index >= 15 is 0 Å². The van der Waals surface area contributed by atoms with Crippen molar-refractivity contribution in [2.45, 2.75) is 20.0 Å². The third kappa shape index (κ3) is 4.97. The van der Waals surface area contributed by atoms with Crippen LogP contribution in [0.15, 0.2) is 48.9 Å². The topological polar surface area (TPSA) is 75.2 Å². The van der Waals surface area contributed by atoms with Crippen molar-refractivity contribution >= 4 is 11.8 Å². The summed E-state index contributed by atoms with van der Waals surface area (Å²) in [5.74, 6) is -0.368. The van der Waals surface area contributed by atoms with Gasteiger partial charge in [0.15, 0.2) is 0 Å². The summed E-state index contributed by atoms with van der Waals surface area (Å²) in [5.41, 5.74) is 1.71. The predicted molar refractivity (Wildman–Crippen MR) is 81.4 cm³/mol. The maximum atomic E-state index is 12.0. The fourth-order valence-electron chi connectivity index (χ4n) is 1.90. The number of hydrogen-bond donors (Lipinski definition) is 1. The molecule has 2 aromatic rings. The van der Waals surface area contributed by atoms with Gasteiger partial charge in [0, 0.05) is 32.1 Å². The number of carbonyl (C=O) groups is 2. The Bertz CT molecular complexity index is 617. The second kappa shape index (κ2) is 7.87. The van der Waals surface area contributed by atoms with Gasteiger partial charge in [-0.3, -0.25) is 19.6 Å². The Kier molecular flexibility index (Phi) is 5.59. The third-order valence-electron chi connectivity index (χ3n) is 3.10. The van der Waals surface area contributed by atoms with Crippen molar-refractivity contribution in [3.63, 3.8) is 0 Å². The van der Waals surface area contributed by atoms with Gasteiger partial charge >= 0.3 is 0 Å². The van der Waals surface area contributed by atoms with E-state index in [-0.39, 0.29) is 18.4 Å². The van der Waals surface area contributed by atoms with E-state index in [9.17, 15) is 9.59 Å². The molecule has 2 rings (SSSR count). The molecule has 2 amide bonds. The fraction of sp³-hybridized carbons (Fsp3) is 0.250. The first-order chi connectivity index (χ1) is 10.6. The minimum absolute atomic E-state index is 0.0109. The van der Waals surface area contributed by atoms with E-state index in [0.29, 0.717) is 13.1 Å². The Balaban J connectivity index is 1.88. The zero-order valence-electron chi connectivity index (χ0n) is 12.4. The third-order valence-corrected chi connectivity index (χ3v) is 3.10. The van der Waals surface area contributed by atoms with Gasteiger partial charge in [-0.25, -0.2) is 0 Å². The van der Waals surface area contributed by atoms with Crippen LogP contribution in [0.4, 0.5) is 0 Å². The highest BCUT2D eigenvalue weighted by atomic mass is 16.2. The number of nitrogens with one attached hydrogen (secondary N) is 1. The lowest BCUT2D eigenvalue weighted by atomic mass is 10.2. The quantitative estimate of drug-likeness (QED) is 0.868. The summed E-state index contributed by atoms with van der Waals surface area (Å²) < 4.78 is 0. The van der Waals surface area contributed by atoms with Crippen LogP contribution < -0.4 is 5.32 Å². The lowest BCUT2D eigenvalue weighted by Gasteiger charge is -2.20. The smallest absolute Gasteiger partial charge is 0.239 e. The number of pyridine rings is 2. The Morgan fingerprint density at radius 1 is 1.14 bits per heavy atom. The molecule has 2 aromatic heterocycles. The van der Waals surface area contributed by atoms with Crippen LogP contribution in [-0.4, -0.2) is 33.2 Å². The normalized spacial score (nSPS) is 10.0. The molecule has 0 atom stereocenters. The van der Waals surface area contributed by atoms with Gasteiger partial charge in [-0.15, -0.1) is 0 Å². The van der Waals surface area contributed by atoms with E-state index in [1.807, 2.05) is 30.3 Å². The summed E-state index contributed by atoms with van der Waals surface area (Å²) in [6.07, 6.45) is 5.01. The molecule has 0 saturated carbocycles. The van der Waals surface area contributed by atoms with E-state index in [4.69, 9.17) is 0 Å². The SMILES string of the molecule is CC(=O)N(CC(=O)NCc1ccncc1)Cc1ccccn1.